The number of benzene rings is 2. The van der Waals surface area contributed by atoms with Crippen molar-refractivity contribution in [3.8, 4) is 5.75 Å². The second kappa shape index (κ2) is 8.77. The molecule has 1 aromatic heterocycles. The molecule has 0 aliphatic carbocycles. The van der Waals surface area contributed by atoms with Gasteiger partial charge < -0.3 is 4.74 Å². The van der Waals surface area contributed by atoms with E-state index in [-0.39, 0.29) is 0 Å². The van der Waals surface area contributed by atoms with E-state index in [1.165, 1.54) is 37.3 Å². The number of hydrogen-bond donors (Lipinski definition) is 2. The van der Waals surface area contributed by atoms with Gasteiger partial charge >= 0.3 is 0 Å². The number of para-hydroxylation sites is 1. The van der Waals surface area contributed by atoms with Crippen molar-refractivity contribution in [2.24, 2.45) is 0 Å². The maximum atomic E-state index is 12.9. The summed E-state index contributed by atoms with van der Waals surface area (Å²) in [5, 5.41) is 0.963. The van der Waals surface area contributed by atoms with Crippen LogP contribution in [0.15, 0.2) is 66.9 Å². The van der Waals surface area contributed by atoms with Crippen LogP contribution in [-0.4, -0.2) is 22.9 Å². The van der Waals surface area contributed by atoms with Gasteiger partial charge in [0.2, 0.25) is 0 Å². The normalized spacial score (nSPS) is 11.9. The minimum Gasteiger partial charge on any atom is -0.481 e. The highest BCUT2D eigenvalue weighted by molar-refractivity contribution is 5.96. The summed E-state index contributed by atoms with van der Waals surface area (Å²) in [5.74, 6) is -1.10. The fraction of sp³-hybridized carbons (Fsp3) is 0.0952. The van der Waals surface area contributed by atoms with Crippen molar-refractivity contribution in [1.29, 1.82) is 0 Å². The van der Waals surface area contributed by atoms with E-state index in [0.29, 0.717) is 5.75 Å². The van der Waals surface area contributed by atoms with Gasteiger partial charge in [-0.3, -0.25) is 25.4 Å². The number of aromatic nitrogens is 1. The van der Waals surface area contributed by atoms with E-state index in [0.717, 1.165) is 16.5 Å². The van der Waals surface area contributed by atoms with Crippen LogP contribution >= 0.6 is 0 Å². The molecule has 7 heteroatoms. The lowest BCUT2D eigenvalue weighted by Crippen LogP contribution is -2.46. The predicted molar refractivity (Wildman–Crippen MR) is 104 cm³/mol. The molecule has 0 saturated carbocycles. The first-order chi connectivity index (χ1) is 13.5. The molecule has 1 atom stereocenters. The molecule has 2 aromatic carbocycles. The van der Waals surface area contributed by atoms with Crippen LogP contribution in [0.25, 0.3) is 17.0 Å². The smallest absolute Gasteiger partial charge is 0.279 e. The molecule has 142 valence electrons. The third-order valence-electron chi connectivity index (χ3n) is 3.88. The van der Waals surface area contributed by atoms with Gasteiger partial charge in [-0.25, -0.2) is 4.39 Å². The van der Waals surface area contributed by atoms with Crippen molar-refractivity contribution in [1.82, 2.24) is 15.8 Å². The number of carbonyl (C=O) groups is 2. The maximum absolute atomic E-state index is 12.9. The van der Waals surface area contributed by atoms with E-state index in [2.05, 4.69) is 15.8 Å². The Morgan fingerprint density at radius 2 is 1.82 bits per heavy atom. The molecular formula is C21H18FN3O3. The molecule has 0 spiro atoms. The van der Waals surface area contributed by atoms with Gasteiger partial charge in [-0.15, -0.1) is 0 Å². The van der Waals surface area contributed by atoms with Gasteiger partial charge in [0.15, 0.2) is 6.10 Å². The van der Waals surface area contributed by atoms with Crippen LogP contribution in [0.5, 0.6) is 5.75 Å². The predicted octanol–water partition coefficient (Wildman–Crippen LogP) is 3.00. The molecule has 6 nitrogen and oxygen atoms in total. The summed E-state index contributed by atoms with van der Waals surface area (Å²) >= 11 is 0. The van der Waals surface area contributed by atoms with Crippen LogP contribution < -0.4 is 15.6 Å². The number of fused-ring (bicyclic) bond motifs is 1. The summed E-state index contributed by atoms with van der Waals surface area (Å²) in [4.78, 5) is 28.3. The lowest BCUT2D eigenvalue weighted by molar-refractivity contribution is -0.131. The topological polar surface area (TPSA) is 80.3 Å². The van der Waals surface area contributed by atoms with E-state index in [9.17, 15) is 14.0 Å². The van der Waals surface area contributed by atoms with Crippen LogP contribution in [0.1, 0.15) is 12.5 Å². The van der Waals surface area contributed by atoms with Crippen LogP contribution in [0.4, 0.5) is 4.39 Å². The van der Waals surface area contributed by atoms with Crippen LogP contribution in [-0.2, 0) is 9.59 Å². The SMILES string of the molecule is CC(Oc1ccc(F)cc1)C(=O)NNC(=O)/C=C/c1cccc2cccnc12. The summed E-state index contributed by atoms with van der Waals surface area (Å²) in [7, 11) is 0. The van der Waals surface area contributed by atoms with E-state index < -0.39 is 23.7 Å². The number of carbonyl (C=O) groups excluding carboxylic acids is 2. The summed E-state index contributed by atoms with van der Waals surface area (Å²) < 4.78 is 18.3. The fourth-order valence-electron chi connectivity index (χ4n) is 2.47. The number of hydrogen-bond acceptors (Lipinski definition) is 4. The van der Waals surface area contributed by atoms with Gasteiger partial charge in [0.1, 0.15) is 11.6 Å². The third kappa shape index (κ3) is 4.91. The molecule has 3 aromatic rings. The Bertz CT molecular complexity index is 1010. The zero-order chi connectivity index (χ0) is 19.9. The number of hydrazine groups is 1. The van der Waals surface area contributed by atoms with Gasteiger partial charge in [-0.1, -0.05) is 24.3 Å². The van der Waals surface area contributed by atoms with Gasteiger partial charge in [-0.05, 0) is 43.3 Å². The third-order valence-corrected chi connectivity index (χ3v) is 3.88. The molecule has 2 N–H and O–H groups in total. The highest BCUT2D eigenvalue weighted by atomic mass is 19.1. The summed E-state index contributed by atoms with van der Waals surface area (Å²) in [6, 6.07) is 14.7. The molecule has 1 heterocycles. The number of rotatable bonds is 5. The van der Waals surface area contributed by atoms with Crippen molar-refractivity contribution >= 4 is 28.8 Å². The van der Waals surface area contributed by atoms with E-state index in [1.807, 2.05) is 30.3 Å². The highest BCUT2D eigenvalue weighted by Gasteiger charge is 2.15. The molecule has 3 rings (SSSR count). The number of nitrogens with one attached hydrogen (secondary N) is 2. The second-order valence-electron chi connectivity index (χ2n) is 5.95. The Morgan fingerprint density at radius 3 is 2.61 bits per heavy atom. The number of nitrogens with zero attached hydrogens (tertiary/aromatic N) is 1. The first kappa shape index (κ1) is 19.0. The van der Waals surface area contributed by atoms with Crippen LogP contribution in [0.2, 0.25) is 0 Å². The Hall–Kier alpha value is -3.74. The van der Waals surface area contributed by atoms with Gasteiger partial charge in [-0.2, -0.15) is 0 Å². The molecule has 0 aliphatic rings. The number of pyridine rings is 1. The standard InChI is InChI=1S/C21H18FN3O3/c1-14(28-18-10-8-17(22)9-11-18)21(27)25-24-19(26)12-7-16-5-2-4-15-6-3-13-23-20(15)16/h2-14H,1H3,(H,24,26)(H,25,27)/b12-7+. The number of halogens is 1. The zero-order valence-electron chi connectivity index (χ0n) is 15.1. The van der Waals surface area contributed by atoms with E-state index in [1.54, 1.807) is 12.3 Å². The average Bonchev–Trinajstić information content (AvgIpc) is 2.72. The molecule has 28 heavy (non-hydrogen) atoms. The molecular weight excluding hydrogens is 361 g/mol. The first-order valence-electron chi connectivity index (χ1n) is 8.57. The minimum atomic E-state index is -0.878. The molecule has 0 aliphatic heterocycles. The zero-order valence-corrected chi connectivity index (χ0v) is 15.1. The maximum Gasteiger partial charge on any atom is 0.279 e. The lowest BCUT2D eigenvalue weighted by atomic mass is 10.1. The van der Waals surface area contributed by atoms with Crippen LogP contribution in [0, 0.1) is 5.82 Å². The molecule has 0 fully saturated rings. The van der Waals surface area contributed by atoms with Gasteiger partial charge in [0.25, 0.3) is 11.8 Å². The van der Waals surface area contributed by atoms with Crippen LogP contribution in [0.3, 0.4) is 0 Å². The fourth-order valence-corrected chi connectivity index (χ4v) is 2.47. The summed E-state index contributed by atoms with van der Waals surface area (Å²) in [5.41, 5.74) is 6.14. The largest absolute Gasteiger partial charge is 0.481 e. The van der Waals surface area contributed by atoms with Crippen molar-refractivity contribution in [3.63, 3.8) is 0 Å². The van der Waals surface area contributed by atoms with Crippen molar-refractivity contribution in [2.45, 2.75) is 13.0 Å². The Labute approximate surface area is 161 Å². The van der Waals surface area contributed by atoms with Crippen molar-refractivity contribution in [3.05, 3.63) is 78.3 Å². The Balaban J connectivity index is 1.53. The first-order valence-corrected chi connectivity index (χ1v) is 8.57. The summed E-state index contributed by atoms with van der Waals surface area (Å²) in [6.07, 6.45) is 3.73. The Morgan fingerprint density at radius 1 is 1.07 bits per heavy atom. The minimum absolute atomic E-state index is 0.346. The number of ether oxygens (including phenoxy) is 1. The molecule has 2 amide bonds. The molecule has 0 saturated heterocycles. The van der Waals surface area contributed by atoms with Crippen molar-refractivity contribution < 1.29 is 18.7 Å². The average molecular weight is 379 g/mol. The monoisotopic (exact) mass is 379 g/mol. The Kier molecular flexibility index (Phi) is 5.96. The van der Waals surface area contributed by atoms with E-state index in [4.69, 9.17) is 4.74 Å². The summed E-state index contributed by atoms with van der Waals surface area (Å²) in [6.45, 7) is 1.52. The van der Waals surface area contributed by atoms with Gasteiger partial charge in [0.05, 0.1) is 5.52 Å². The quantitative estimate of drug-likeness (QED) is 0.528. The molecule has 0 bridgehead atoms. The lowest BCUT2D eigenvalue weighted by Gasteiger charge is -2.14. The van der Waals surface area contributed by atoms with Crippen molar-refractivity contribution in [2.75, 3.05) is 0 Å². The highest BCUT2D eigenvalue weighted by Crippen LogP contribution is 2.17. The molecule has 1 unspecified atom stereocenters. The van der Waals surface area contributed by atoms with E-state index >= 15 is 0 Å². The molecule has 0 radical (unpaired) electrons. The second-order valence-corrected chi connectivity index (χ2v) is 5.95. The number of amides is 2. The van der Waals surface area contributed by atoms with Gasteiger partial charge in [0, 0.05) is 23.2 Å².